The minimum Gasteiger partial charge on any atom is -0.333 e. The summed E-state index contributed by atoms with van der Waals surface area (Å²) in [4.78, 5) is 4.56. The third-order valence-corrected chi connectivity index (χ3v) is 3.59. The molecule has 0 unspecified atom stereocenters. The van der Waals surface area contributed by atoms with E-state index >= 15 is 0 Å². The molecule has 0 aliphatic rings. The second-order valence-corrected chi connectivity index (χ2v) is 4.64. The van der Waals surface area contributed by atoms with Crippen molar-refractivity contribution >= 4 is 32.6 Å². The lowest BCUT2D eigenvalue weighted by atomic mass is 10.00. The molecule has 0 spiro atoms. The van der Waals surface area contributed by atoms with Crippen LogP contribution >= 0.6 is 0 Å². The first-order chi connectivity index (χ1) is 8.86. The van der Waals surface area contributed by atoms with Gasteiger partial charge in [0.15, 0.2) is 0 Å². The van der Waals surface area contributed by atoms with Gasteiger partial charge in [0.25, 0.3) is 0 Å². The van der Waals surface area contributed by atoms with E-state index in [1.807, 2.05) is 6.33 Å². The Bertz CT molecular complexity index is 887. The molecule has 0 radical (unpaired) electrons. The minimum atomic E-state index is 1.09. The maximum absolute atomic E-state index is 4.56. The van der Waals surface area contributed by atoms with Gasteiger partial charge in [-0.1, -0.05) is 48.5 Å². The third kappa shape index (κ3) is 1.10. The van der Waals surface area contributed by atoms with Gasteiger partial charge in [-0.15, -0.1) is 0 Å². The van der Waals surface area contributed by atoms with Gasteiger partial charge in [-0.25, -0.2) is 4.98 Å². The Labute approximate surface area is 104 Å². The molecule has 0 fully saturated rings. The number of fused-ring (bicyclic) bond motifs is 6. The molecule has 0 aliphatic carbocycles. The van der Waals surface area contributed by atoms with E-state index in [0.717, 1.165) is 5.52 Å². The zero-order chi connectivity index (χ0) is 12.1. The second kappa shape index (κ2) is 3.33. The molecule has 0 amide bonds. The molecule has 0 atom stereocenters. The van der Waals surface area contributed by atoms with Crippen LogP contribution < -0.4 is 0 Å². The average Bonchev–Trinajstić information content (AvgIpc) is 2.82. The summed E-state index contributed by atoms with van der Waals surface area (Å²) in [6.45, 7) is 0. The highest BCUT2D eigenvalue weighted by Crippen LogP contribution is 2.33. The predicted octanol–water partition coefficient (Wildman–Crippen LogP) is 3.88. The fourth-order valence-corrected chi connectivity index (χ4v) is 2.79. The normalized spacial score (nSPS) is 11.6. The first-order valence-corrected chi connectivity index (χ1v) is 6.07. The predicted molar refractivity (Wildman–Crippen MR) is 75.7 cm³/mol. The Morgan fingerprint density at radius 2 is 1.33 bits per heavy atom. The van der Waals surface area contributed by atoms with E-state index in [1.54, 1.807) is 0 Å². The van der Waals surface area contributed by atoms with Crippen molar-refractivity contribution in [2.24, 2.45) is 7.05 Å². The Kier molecular flexibility index (Phi) is 1.78. The number of hydrogen-bond acceptors (Lipinski definition) is 1. The van der Waals surface area contributed by atoms with Crippen molar-refractivity contribution in [3.05, 3.63) is 54.9 Å². The maximum atomic E-state index is 4.56. The summed E-state index contributed by atoms with van der Waals surface area (Å²) >= 11 is 0. The molecule has 4 rings (SSSR count). The molecule has 1 heterocycles. The number of rotatable bonds is 0. The molecule has 4 aromatic rings. The Balaban J connectivity index is 2.48. The van der Waals surface area contributed by atoms with Gasteiger partial charge in [0, 0.05) is 17.8 Å². The van der Waals surface area contributed by atoms with Crippen LogP contribution in [0, 0.1) is 0 Å². The van der Waals surface area contributed by atoms with Gasteiger partial charge in [-0.3, -0.25) is 0 Å². The molecule has 18 heavy (non-hydrogen) atoms. The van der Waals surface area contributed by atoms with Crippen LogP contribution in [0.15, 0.2) is 54.9 Å². The molecule has 0 saturated heterocycles. The lowest BCUT2D eigenvalue weighted by Crippen LogP contribution is -1.87. The van der Waals surface area contributed by atoms with E-state index in [0.29, 0.717) is 0 Å². The SMILES string of the molecule is Cn1cnc2c3ccccc3c3ccccc3c21. The number of nitrogens with zero attached hydrogens (tertiary/aromatic N) is 2. The summed E-state index contributed by atoms with van der Waals surface area (Å²) in [6.07, 6.45) is 1.89. The molecular formula is C16H12N2. The second-order valence-electron chi connectivity index (χ2n) is 4.64. The Hall–Kier alpha value is -2.35. The monoisotopic (exact) mass is 232 g/mol. The summed E-state index contributed by atoms with van der Waals surface area (Å²) in [5.74, 6) is 0. The fraction of sp³-hybridized carbons (Fsp3) is 0.0625. The van der Waals surface area contributed by atoms with Crippen LogP contribution in [0.4, 0.5) is 0 Å². The van der Waals surface area contributed by atoms with Crippen molar-refractivity contribution < 1.29 is 0 Å². The van der Waals surface area contributed by atoms with Gasteiger partial charge in [0.2, 0.25) is 0 Å². The van der Waals surface area contributed by atoms with Gasteiger partial charge in [0.05, 0.1) is 17.4 Å². The van der Waals surface area contributed by atoms with Crippen LogP contribution in [0.5, 0.6) is 0 Å². The van der Waals surface area contributed by atoms with Crippen molar-refractivity contribution in [2.45, 2.75) is 0 Å². The van der Waals surface area contributed by atoms with Crippen molar-refractivity contribution in [2.75, 3.05) is 0 Å². The van der Waals surface area contributed by atoms with Crippen molar-refractivity contribution in [1.29, 1.82) is 0 Å². The highest BCUT2D eigenvalue weighted by Gasteiger charge is 2.10. The van der Waals surface area contributed by atoms with Gasteiger partial charge >= 0.3 is 0 Å². The Morgan fingerprint density at radius 3 is 2.06 bits per heavy atom. The summed E-state index contributed by atoms with van der Waals surface area (Å²) in [7, 11) is 2.05. The number of hydrogen-bond donors (Lipinski definition) is 0. The fourth-order valence-electron chi connectivity index (χ4n) is 2.79. The lowest BCUT2D eigenvalue weighted by Gasteiger charge is -2.07. The third-order valence-electron chi connectivity index (χ3n) is 3.59. The van der Waals surface area contributed by atoms with Gasteiger partial charge in [0.1, 0.15) is 0 Å². The van der Waals surface area contributed by atoms with E-state index in [-0.39, 0.29) is 0 Å². The average molecular weight is 232 g/mol. The first kappa shape index (κ1) is 9.66. The minimum absolute atomic E-state index is 1.09. The highest BCUT2D eigenvalue weighted by atomic mass is 15.0. The van der Waals surface area contributed by atoms with Crippen LogP contribution in [-0.4, -0.2) is 9.55 Å². The van der Waals surface area contributed by atoms with E-state index in [4.69, 9.17) is 0 Å². The van der Waals surface area contributed by atoms with E-state index in [1.165, 1.54) is 27.1 Å². The van der Waals surface area contributed by atoms with Crippen molar-refractivity contribution in [3.63, 3.8) is 0 Å². The zero-order valence-corrected chi connectivity index (χ0v) is 10.1. The van der Waals surface area contributed by atoms with E-state index in [9.17, 15) is 0 Å². The van der Waals surface area contributed by atoms with Crippen molar-refractivity contribution in [1.82, 2.24) is 9.55 Å². The van der Waals surface area contributed by atoms with Crippen LogP contribution in [0.2, 0.25) is 0 Å². The molecule has 2 heteroatoms. The standard InChI is InChI=1S/C16H12N2/c1-18-10-17-15-13-8-4-2-6-11(13)12-7-3-5-9-14(12)16(15)18/h2-10H,1H3. The van der Waals surface area contributed by atoms with Crippen molar-refractivity contribution in [3.8, 4) is 0 Å². The number of benzene rings is 3. The molecule has 0 aliphatic heterocycles. The molecule has 1 aromatic heterocycles. The maximum Gasteiger partial charge on any atom is 0.0969 e. The summed E-state index contributed by atoms with van der Waals surface area (Å²) in [5.41, 5.74) is 2.30. The van der Waals surface area contributed by atoms with E-state index < -0.39 is 0 Å². The van der Waals surface area contributed by atoms with Gasteiger partial charge < -0.3 is 4.57 Å². The van der Waals surface area contributed by atoms with Crippen LogP contribution in [-0.2, 0) is 7.05 Å². The largest absolute Gasteiger partial charge is 0.333 e. The van der Waals surface area contributed by atoms with E-state index in [2.05, 4.69) is 65.1 Å². The summed E-state index contributed by atoms with van der Waals surface area (Å²) < 4.78 is 2.10. The quantitative estimate of drug-likeness (QED) is 0.421. The molecule has 0 N–H and O–H groups in total. The van der Waals surface area contributed by atoms with Crippen LogP contribution in [0.1, 0.15) is 0 Å². The zero-order valence-electron chi connectivity index (χ0n) is 10.1. The van der Waals surface area contributed by atoms with Crippen LogP contribution in [0.3, 0.4) is 0 Å². The molecule has 2 nitrogen and oxygen atoms in total. The highest BCUT2D eigenvalue weighted by molar-refractivity contribution is 6.23. The number of aryl methyl sites for hydroxylation is 1. The topological polar surface area (TPSA) is 17.8 Å². The smallest absolute Gasteiger partial charge is 0.0969 e. The number of imidazole rings is 1. The molecular weight excluding hydrogens is 220 g/mol. The Morgan fingerprint density at radius 1 is 0.778 bits per heavy atom. The lowest BCUT2D eigenvalue weighted by molar-refractivity contribution is 0.951. The molecule has 0 saturated carbocycles. The first-order valence-electron chi connectivity index (χ1n) is 6.07. The number of aromatic nitrogens is 2. The summed E-state index contributed by atoms with van der Waals surface area (Å²) in [5, 5.41) is 5.07. The summed E-state index contributed by atoms with van der Waals surface area (Å²) in [6, 6.07) is 17.0. The molecule has 3 aromatic carbocycles. The van der Waals surface area contributed by atoms with Gasteiger partial charge in [-0.2, -0.15) is 0 Å². The molecule has 86 valence electrons. The van der Waals surface area contributed by atoms with Crippen LogP contribution in [0.25, 0.3) is 32.6 Å². The molecule has 0 bridgehead atoms. The van der Waals surface area contributed by atoms with Gasteiger partial charge in [-0.05, 0) is 10.8 Å².